The van der Waals surface area contributed by atoms with Crippen LogP contribution < -0.4 is 0 Å². The van der Waals surface area contributed by atoms with Gasteiger partial charge in [-0.2, -0.15) is 0 Å². The van der Waals surface area contributed by atoms with Crippen molar-refractivity contribution in [1.29, 1.82) is 0 Å². The third-order valence-electron chi connectivity index (χ3n) is 3.50. The average molecular weight is 293 g/mol. The lowest BCUT2D eigenvalue weighted by Gasteiger charge is -2.04. The topological polar surface area (TPSA) is 34.1 Å². The Balaban J connectivity index is 1.86. The molecule has 0 aliphatic heterocycles. The first-order valence-electron chi connectivity index (χ1n) is 6.13. The van der Waals surface area contributed by atoms with Gasteiger partial charge in [0.15, 0.2) is 9.84 Å². The van der Waals surface area contributed by atoms with Crippen molar-refractivity contribution in [3.63, 3.8) is 0 Å². The number of rotatable bonds is 3. The molecule has 1 saturated carbocycles. The highest BCUT2D eigenvalue weighted by molar-refractivity contribution is 7.92. The van der Waals surface area contributed by atoms with E-state index in [0.29, 0.717) is 16.3 Å². The van der Waals surface area contributed by atoms with Crippen LogP contribution in [0.2, 0.25) is 5.02 Å². The number of halogens is 1. The van der Waals surface area contributed by atoms with Crippen molar-refractivity contribution < 1.29 is 8.42 Å². The van der Waals surface area contributed by atoms with Crippen LogP contribution in [-0.2, 0) is 9.84 Å². The molecule has 2 nitrogen and oxygen atoms in total. The molecule has 1 fully saturated rings. The van der Waals surface area contributed by atoms with Gasteiger partial charge in [-0.05, 0) is 36.2 Å². The zero-order valence-corrected chi connectivity index (χ0v) is 11.7. The van der Waals surface area contributed by atoms with Crippen molar-refractivity contribution in [3.05, 3.63) is 65.2 Å². The van der Waals surface area contributed by atoms with Crippen LogP contribution in [0.3, 0.4) is 0 Å². The molecule has 0 bridgehead atoms. The number of hydrogen-bond donors (Lipinski definition) is 0. The maximum Gasteiger partial charge on any atom is 0.181 e. The normalized spacial score (nSPS) is 22.2. The van der Waals surface area contributed by atoms with E-state index in [1.54, 1.807) is 24.3 Å². The zero-order chi connectivity index (χ0) is 13.5. The van der Waals surface area contributed by atoms with Gasteiger partial charge >= 0.3 is 0 Å². The minimum absolute atomic E-state index is 0.127. The predicted molar refractivity (Wildman–Crippen MR) is 76.2 cm³/mol. The molecule has 0 amide bonds. The summed E-state index contributed by atoms with van der Waals surface area (Å²) < 4.78 is 24.9. The highest BCUT2D eigenvalue weighted by atomic mass is 35.5. The smallest absolute Gasteiger partial charge is 0.181 e. The van der Waals surface area contributed by atoms with Crippen LogP contribution in [0.5, 0.6) is 0 Å². The molecular weight excluding hydrogens is 280 g/mol. The van der Waals surface area contributed by atoms with Gasteiger partial charge in [0, 0.05) is 10.9 Å². The molecule has 0 heterocycles. The van der Waals surface area contributed by atoms with E-state index in [4.69, 9.17) is 11.6 Å². The van der Waals surface area contributed by atoms with Crippen LogP contribution in [0.1, 0.15) is 17.9 Å². The van der Waals surface area contributed by atoms with Crippen LogP contribution in [0, 0.1) is 0 Å². The van der Waals surface area contributed by atoms with Crippen LogP contribution in [-0.4, -0.2) is 13.7 Å². The van der Waals surface area contributed by atoms with Crippen molar-refractivity contribution in [1.82, 2.24) is 0 Å². The minimum Gasteiger partial charge on any atom is -0.223 e. The molecule has 98 valence electrons. The van der Waals surface area contributed by atoms with Gasteiger partial charge in [0.1, 0.15) is 0 Å². The highest BCUT2D eigenvalue weighted by Crippen LogP contribution is 2.47. The molecule has 19 heavy (non-hydrogen) atoms. The molecule has 0 unspecified atom stereocenters. The average Bonchev–Trinajstić information content (AvgIpc) is 3.21. The molecule has 2 aromatic rings. The molecule has 3 rings (SSSR count). The van der Waals surface area contributed by atoms with E-state index < -0.39 is 9.84 Å². The molecule has 1 aliphatic carbocycles. The summed E-state index contributed by atoms with van der Waals surface area (Å²) in [6.07, 6.45) is 0.703. The van der Waals surface area contributed by atoms with E-state index >= 15 is 0 Å². The molecule has 0 radical (unpaired) electrons. The fourth-order valence-electron chi connectivity index (χ4n) is 2.36. The van der Waals surface area contributed by atoms with Gasteiger partial charge in [-0.1, -0.05) is 41.9 Å². The van der Waals surface area contributed by atoms with Crippen LogP contribution in [0.15, 0.2) is 59.5 Å². The standard InChI is InChI=1S/C15H13ClO2S/c16-12-6-8-13(9-7-12)19(17,18)15-10-14(15)11-4-2-1-3-5-11/h1-9,14-15H,10H2/t14-,15+/m0/s1. The predicted octanol–water partition coefficient (Wildman–Crippen LogP) is 3.67. The summed E-state index contributed by atoms with van der Waals surface area (Å²) in [6, 6.07) is 16.2. The van der Waals surface area contributed by atoms with E-state index in [1.807, 2.05) is 30.3 Å². The van der Waals surface area contributed by atoms with Gasteiger partial charge in [-0.3, -0.25) is 0 Å². The maximum absolute atomic E-state index is 12.4. The summed E-state index contributed by atoms with van der Waals surface area (Å²) in [5.74, 6) is 0.127. The van der Waals surface area contributed by atoms with Gasteiger partial charge < -0.3 is 0 Å². The lowest BCUT2D eigenvalue weighted by molar-refractivity contribution is 0.594. The van der Waals surface area contributed by atoms with E-state index in [9.17, 15) is 8.42 Å². The fraction of sp³-hybridized carbons (Fsp3) is 0.200. The van der Waals surface area contributed by atoms with Crippen LogP contribution in [0.4, 0.5) is 0 Å². The van der Waals surface area contributed by atoms with Crippen molar-refractivity contribution in [2.75, 3.05) is 0 Å². The third-order valence-corrected chi connectivity index (χ3v) is 6.00. The molecular formula is C15H13ClO2S. The van der Waals surface area contributed by atoms with Crippen LogP contribution >= 0.6 is 11.6 Å². The molecule has 0 saturated heterocycles. The number of sulfone groups is 1. The number of hydrogen-bond acceptors (Lipinski definition) is 2. The maximum atomic E-state index is 12.4. The molecule has 2 aromatic carbocycles. The minimum atomic E-state index is -3.24. The van der Waals surface area contributed by atoms with E-state index in [2.05, 4.69) is 0 Å². The van der Waals surface area contributed by atoms with Gasteiger partial charge in [0.25, 0.3) is 0 Å². The van der Waals surface area contributed by atoms with Crippen molar-refractivity contribution in [3.8, 4) is 0 Å². The lowest BCUT2D eigenvalue weighted by Crippen LogP contribution is -2.09. The first-order valence-corrected chi connectivity index (χ1v) is 8.06. The van der Waals surface area contributed by atoms with Gasteiger partial charge in [0.05, 0.1) is 10.1 Å². The van der Waals surface area contributed by atoms with E-state index in [0.717, 1.165) is 5.56 Å². The summed E-state index contributed by atoms with van der Waals surface area (Å²) in [5, 5.41) is 0.255. The summed E-state index contributed by atoms with van der Waals surface area (Å²) >= 11 is 5.79. The third kappa shape index (κ3) is 2.40. The molecule has 1 aliphatic rings. The molecule has 0 N–H and O–H groups in total. The second-order valence-electron chi connectivity index (χ2n) is 4.79. The van der Waals surface area contributed by atoms with Crippen molar-refractivity contribution >= 4 is 21.4 Å². The first kappa shape index (κ1) is 12.7. The quantitative estimate of drug-likeness (QED) is 0.865. The van der Waals surface area contributed by atoms with Gasteiger partial charge in [-0.15, -0.1) is 0 Å². The fourth-order valence-corrected chi connectivity index (χ4v) is 4.41. The molecule has 0 aromatic heterocycles. The Morgan fingerprint density at radius 1 is 0.947 bits per heavy atom. The Kier molecular flexibility index (Phi) is 3.11. The SMILES string of the molecule is O=S(=O)(c1ccc(Cl)cc1)[C@@H]1C[C@H]1c1ccccc1. The Bertz CT molecular complexity index is 678. The second-order valence-corrected chi connectivity index (χ2v) is 7.39. The van der Waals surface area contributed by atoms with Gasteiger partial charge in [0.2, 0.25) is 0 Å². The lowest BCUT2D eigenvalue weighted by atomic mass is 10.1. The van der Waals surface area contributed by atoms with Crippen molar-refractivity contribution in [2.45, 2.75) is 22.5 Å². The largest absolute Gasteiger partial charge is 0.223 e. The van der Waals surface area contributed by atoms with Crippen LogP contribution in [0.25, 0.3) is 0 Å². The zero-order valence-electron chi connectivity index (χ0n) is 10.2. The van der Waals surface area contributed by atoms with E-state index in [-0.39, 0.29) is 11.2 Å². The summed E-state index contributed by atoms with van der Waals surface area (Å²) in [4.78, 5) is 0.361. The summed E-state index contributed by atoms with van der Waals surface area (Å²) in [6.45, 7) is 0. The highest BCUT2D eigenvalue weighted by Gasteiger charge is 2.48. The first-order chi connectivity index (χ1) is 9.09. The monoisotopic (exact) mass is 292 g/mol. The van der Waals surface area contributed by atoms with E-state index in [1.165, 1.54) is 0 Å². The second kappa shape index (κ2) is 4.66. The molecule has 4 heteroatoms. The van der Waals surface area contributed by atoms with Gasteiger partial charge in [-0.25, -0.2) is 8.42 Å². The van der Waals surface area contributed by atoms with Crippen molar-refractivity contribution in [2.24, 2.45) is 0 Å². The Morgan fingerprint density at radius 3 is 2.21 bits per heavy atom. The molecule has 0 spiro atoms. The summed E-state index contributed by atoms with van der Waals surface area (Å²) in [5.41, 5.74) is 1.10. The Labute approximate surface area is 118 Å². The number of benzene rings is 2. The Hall–Kier alpha value is -1.32. The Morgan fingerprint density at radius 2 is 1.58 bits per heavy atom. The molecule has 2 atom stereocenters. The summed E-state index contributed by atoms with van der Waals surface area (Å²) in [7, 11) is -3.24.